The molecule has 1 amide bonds. The van der Waals surface area contributed by atoms with E-state index in [0.717, 1.165) is 12.0 Å². The number of amides is 1. The molecule has 3 N–H and O–H groups in total. The van der Waals surface area contributed by atoms with Crippen LogP contribution in [0.1, 0.15) is 26.3 Å². The number of tetrazole rings is 1. The molecule has 0 bridgehead atoms. The van der Waals surface area contributed by atoms with Crippen LogP contribution in [0.3, 0.4) is 0 Å². The van der Waals surface area contributed by atoms with E-state index in [1.54, 1.807) is 6.92 Å². The Hall–Kier alpha value is -1.99. The molecule has 7 nitrogen and oxygen atoms in total. The van der Waals surface area contributed by atoms with Crippen molar-refractivity contribution in [3.8, 4) is 11.4 Å². The van der Waals surface area contributed by atoms with E-state index in [4.69, 9.17) is 5.73 Å². The van der Waals surface area contributed by atoms with E-state index in [2.05, 4.69) is 20.7 Å². The molecule has 0 aliphatic heterocycles. The number of carbonyl (C=O) groups excluding carboxylic acids is 1. The number of hydrogen-bond donors (Lipinski definition) is 2. The second-order valence-electron chi connectivity index (χ2n) is 5.03. The zero-order valence-corrected chi connectivity index (χ0v) is 13.5. The Morgan fingerprint density at radius 2 is 2.00 bits per heavy atom. The standard InChI is InChI=1S/C14H20N6O.ClH/c1-10(15)8-9-16-14(21)11(2)20-18-13(17-19-20)12-6-4-3-5-7-12;/h3-7,10-11H,8-9,15H2,1-2H3,(H,16,21);1H. The minimum absolute atomic E-state index is 0. The Kier molecular flexibility index (Phi) is 6.94. The summed E-state index contributed by atoms with van der Waals surface area (Å²) < 4.78 is 0. The van der Waals surface area contributed by atoms with Gasteiger partial charge in [-0.3, -0.25) is 4.79 Å². The topological polar surface area (TPSA) is 98.7 Å². The molecule has 1 aromatic carbocycles. The lowest BCUT2D eigenvalue weighted by molar-refractivity contribution is -0.124. The quantitative estimate of drug-likeness (QED) is 0.831. The van der Waals surface area contributed by atoms with Crippen LogP contribution < -0.4 is 11.1 Å². The number of nitrogens with two attached hydrogens (primary N) is 1. The number of aromatic nitrogens is 4. The largest absolute Gasteiger partial charge is 0.354 e. The number of benzene rings is 1. The van der Waals surface area contributed by atoms with Crippen LogP contribution in [0.5, 0.6) is 0 Å². The molecule has 0 saturated heterocycles. The van der Waals surface area contributed by atoms with Crippen LogP contribution >= 0.6 is 12.4 Å². The average Bonchev–Trinajstić information content (AvgIpc) is 2.96. The normalized spacial score (nSPS) is 13.0. The molecule has 0 spiro atoms. The van der Waals surface area contributed by atoms with Crippen molar-refractivity contribution in [1.29, 1.82) is 0 Å². The smallest absolute Gasteiger partial charge is 0.246 e. The van der Waals surface area contributed by atoms with Crippen molar-refractivity contribution in [1.82, 2.24) is 25.5 Å². The molecule has 2 atom stereocenters. The summed E-state index contributed by atoms with van der Waals surface area (Å²) in [5, 5.41) is 15.0. The predicted octanol–water partition coefficient (Wildman–Crippen LogP) is 1.18. The molecule has 1 heterocycles. The molecule has 2 aromatic rings. The second-order valence-corrected chi connectivity index (χ2v) is 5.03. The van der Waals surface area contributed by atoms with Gasteiger partial charge < -0.3 is 11.1 Å². The van der Waals surface area contributed by atoms with Crippen molar-refractivity contribution in [3.05, 3.63) is 30.3 Å². The van der Waals surface area contributed by atoms with Gasteiger partial charge in [0.1, 0.15) is 6.04 Å². The maximum atomic E-state index is 12.0. The van der Waals surface area contributed by atoms with Crippen molar-refractivity contribution >= 4 is 18.3 Å². The molecular weight excluding hydrogens is 304 g/mol. The molecule has 0 aliphatic rings. The summed E-state index contributed by atoms with van der Waals surface area (Å²) in [6.45, 7) is 4.18. The summed E-state index contributed by atoms with van der Waals surface area (Å²) in [5.41, 5.74) is 6.51. The van der Waals surface area contributed by atoms with Crippen LogP contribution in [0.4, 0.5) is 0 Å². The van der Waals surface area contributed by atoms with E-state index in [-0.39, 0.29) is 24.4 Å². The van der Waals surface area contributed by atoms with Crippen molar-refractivity contribution in [2.24, 2.45) is 5.73 Å². The molecule has 8 heteroatoms. The van der Waals surface area contributed by atoms with Crippen LogP contribution in [0.2, 0.25) is 0 Å². The number of nitrogens with zero attached hydrogens (tertiary/aromatic N) is 4. The highest BCUT2D eigenvalue weighted by molar-refractivity contribution is 5.85. The molecule has 0 aliphatic carbocycles. The van der Waals surface area contributed by atoms with Gasteiger partial charge in [-0.1, -0.05) is 30.3 Å². The molecular formula is C14H21ClN6O. The van der Waals surface area contributed by atoms with Gasteiger partial charge in [-0.15, -0.1) is 22.6 Å². The van der Waals surface area contributed by atoms with Crippen molar-refractivity contribution in [3.63, 3.8) is 0 Å². The molecule has 0 fully saturated rings. The third-order valence-corrected chi connectivity index (χ3v) is 3.09. The fourth-order valence-corrected chi connectivity index (χ4v) is 1.77. The number of nitrogens with one attached hydrogen (secondary N) is 1. The zero-order valence-electron chi connectivity index (χ0n) is 12.6. The number of rotatable bonds is 6. The Morgan fingerprint density at radius 1 is 1.32 bits per heavy atom. The van der Waals surface area contributed by atoms with Gasteiger partial charge in [0.15, 0.2) is 0 Å². The van der Waals surface area contributed by atoms with Gasteiger partial charge in [0.25, 0.3) is 0 Å². The second kappa shape index (κ2) is 8.45. The minimum atomic E-state index is -0.511. The lowest BCUT2D eigenvalue weighted by atomic mass is 10.2. The number of hydrogen-bond acceptors (Lipinski definition) is 5. The molecule has 0 saturated carbocycles. The lowest BCUT2D eigenvalue weighted by Crippen LogP contribution is -2.34. The molecule has 120 valence electrons. The van der Waals surface area contributed by atoms with Gasteiger partial charge in [-0.05, 0) is 25.5 Å². The fraction of sp³-hybridized carbons (Fsp3) is 0.429. The van der Waals surface area contributed by atoms with Gasteiger partial charge in [-0.25, -0.2) is 0 Å². The van der Waals surface area contributed by atoms with Gasteiger partial charge in [0, 0.05) is 18.2 Å². The maximum Gasteiger partial charge on any atom is 0.246 e. The molecule has 2 rings (SSSR count). The first-order valence-electron chi connectivity index (χ1n) is 6.96. The summed E-state index contributed by atoms with van der Waals surface area (Å²) in [6, 6.07) is 9.07. The average molecular weight is 325 g/mol. The molecule has 2 unspecified atom stereocenters. The first-order valence-corrected chi connectivity index (χ1v) is 6.96. The van der Waals surface area contributed by atoms with E-state index in [9.17, 15) is 4.79 Å². The molecule has 0 radical (unpaired) electrons. The van der Waals surface area contributed by atoms with Crippen LogP contribution in [0, 0.1) is 0 Å². The van der Waals surface area contributed by atoms with E-state index in [1.807, 2.05) is 37.3 Å². The van der Waals surface area contributed by atoms with Crippen LogP contribution in [0.25, 0.3) is 11.4 Å². The van der Waals surface area contributed by atoms with Gasteiger partial charge >= 0.3 is 0 Å². The highest BCUT2D eigenvalue weighted by Gasteiger charge is 2.18. The Labute approximate surface area is 135 Å². The Bertz CT molecular complexity index is 586. The maximum absolute atomic E-state index is 12.0. The van der Waals surface area contributed by atoms with E-state index >= 15 is 0 Å². The summed E-state index contributed by atoms with van der Waals surface area (Å²) in [5.74, 6) is 0.360. The highest BCUT2D eigenvalue weighted by Crippen LogP contribution is 2.13. The van der Waals surface area contributed by atoms with E-state index in [1.165, 1.54) is 4.80 Å². The third kappa shape index (κ3) is 4.78. The van der Waals surface area contributed by atoms with E-state index < -0.39 is 6.04 Å². The van der Waals surface area contributed by atoms with Gasteiger partial charge in [0.2, 0.25) is 11.7 Å². The highest BCUT2D eigenvalue weighted by atomic mass is 35.5. The Morgan fingerprint density at radius 3 is 2.64 bits per heavy atom. The van der Waals surface area contributed by atoms with Crippen LogP contribution in [-0.2, 0) is 4.79 Å². The lowest BCUT2D eigenvalue weighted by Gasteiger charge is -2.11. The first-order chi connectivity index (χ1) is 10.1. The first kappa shape index (κ1) is 18.1. The minimum Gasteiger partial charge on any atom is -0.354 e. The van der Waals surface area contributed by atoms with Crippen molar-refractivity contribution < 1.29 is 4.79 Å². The van der Waals surface area contributed by atoms with E-state index in [0.29, 0.717) is 12.4 Å². The molecule has 22 heavy (non-hydrogen) atoms. The van der Waals surface area contributed by atoms with Crippen molar-refractivity contribution in [2.75, 3.05) is 6.54 Å². The summed E-state index contributed by atoms with van der Waals surface area (Å²) in [6.07, 6.45) is 0.735. The third-order valence-electron chi connectivity index (χ3n) is 3.09. The van der Waals surface area contributed by atoms with Crippen molar-refractivity contribution in [2.45, 2.75) is 32.4 Å². The van der Waals surface area contributed by atoms with Crippen LogP contribution in [-0.4, -0.2) is 38.7 Å². The summed E-state index contributed by atoms with van der Waals surface area (Å²) >= 11 is 0. The fourth-order valence-electron chi connectivity index (χ4n) is 1.77. The van der Waals surface area contributed by atoms with Crippen LogP contribution in [0.15, 0.2) is 30.3 Å². The van der Waals surface area contributed by atoms with Gasteiger partial charge in [-0.2, -0.15) is 4.80 Å². The number of carbonyl (C=O) groups is 1. The Balaban J connectivity index is 0.00000242. The number of halogens is 1. The summed E-state index contributed by atoms with van der Waals surface area (Å²) in [7, 11) is 0. The predicted molar refractivity (Wildman–Crippen MR) is 86.5 cm³/mol. The SMILES string of the molecule is CC(N)CCNC(=O)C(C)n1nnc(-c2ccccc2)n1.Cl. The monoisotopic (exact) mass is 324 g/mol. The molecule has 1 aromatic heterocycles. The zero-order chi connectivity index (χ0) is 15.2. The van der Waals surface area contributed by atoms with Gasteiger partial charge in [0.05, 0.1) is 0 Å². The summed E-state index contributed by atoms with van der Waals surface area (Å²) in [4.78, 5) is 13.3.